The summed E-state index contributed by atoms with van der Waals surface area (Å²) in [7, 11) is 1.61. The molecule has 20 heavy (non-hydrogen) atoms. The molecule has 1 N–H and O–H groups in total. The van der Waals surface area contributed by atoms with Gasteiger partial charge >= 0.3 is 0 Å². The van der Waals surface area contributed by atoms with Gasteiger partial charge in [-0.15, -0.1) is 0 Å². The molecule has 1 aromatic carbocycles. The Hall–Kier alpha value is -2.24. The Balaban J connectivity index is 2.47. The van der Waals surface area contributed by atoms with Gasteiger partial charge in [-0.25, -0.2) is 4.39 Å². The summed E-state index contributed by atoms with van der Waals surface area (Å²) < 4.78 is 14.7. The van der Waals surface area contributed by atoms with Crippen molar-refractivity contribution in [3.8, 4) is 0 Å². The molecule has 0 aliphatic heterocycles. The van der Waals surface area contributed by atoms with Crippen LogP contribution in [0.25, 0.3) is 10.9 Å². The molecule has 0 bridgehead atoms. The van der Waals surface area contributed by atoms with Gasteiger partial charge in [0.25, 0.3) is 5.91 Å². The van der Waals surface area contributed by atoms with Gasteiger partial charge in [-0.05, 0) is 24.6 Å². The number of rotatable bonds is 4. The maximum absolute atomic E-state index is 13.3. The van der Waals surface area contributed by atoms with Crippen LogP contribution in [-0.2, 0) is 7.05 Å². The molecule has 2 aromatic rings. The van der Waals surface area contributed by atoms with Gasteiger partial charge < -0.3 is 5.32 Å². The Bertz CT molecular complexity index is 709. The van der Waals surface area contributed by atoms with E-state index in [4.69, 9.17) is 0 Å². The van der Waals surface area contributed by atoms with Crippen LogP contribution in [0.3, 0.4) is 0 Å². The lowest BCUT2D eigenvalue weighted by Crippen LogP contribution is -2.32. The minimum absolute atomic E-state index is 0.156. The molecule has 0 radical (unpaired) electrons. The summed E-state index contributed by atoms with van der Waals surface area (Å²) in [6, 6.07) is 3.85. The number of benzene rings is 1. The molecule has 5 nitrogen and oxygen atoms in total. The molecule has 0 aliphatic rings. The third kappa shape index (κ3) is 2.68. The van der Waals surface area contributed by atoms with Crippen LogP contribution in [0.4, 0.5) is 4.39 Å². The van der Waals surface area contributed by atoms with Crippen LogP contribution in [0.2, 0.25) is 0 Å². The maximum atomic E-state index is 13.3. The largest absolute Gasteiger partial charge is 0.351 e. The van der Waals surface area contributed by atoms with E-state index in [0.717, 1.165) is 18.9 Å². The normalized spacial score (nSPS) is 10.8. The number of nitrogens with zero attached hydrogens (tertiary/aromatic N) is 2. The first-order chi connectivity index (χ1) is 9.54. The van der Waals surface area contributed by atoms with E-state index >= 15 is 0 Å². The summed E-state index contributed by atoms with van der Waals surface area (Å²) in [5, 5.41) is 6.77. The Kier molecular flexibility index (Phi) is 4.12. The Labute approximate surface area is 115 Å². The number of halogens is 1. The molecule has 0 unspecified atom stereocenters. The van der Waals surface area contributed by atoms with Crippen molar-refractivity contribution in [1.29, 1.82) is 0 Å². The van der Waals surface area contributed by atoms with Crippen molar-refractivity contribution in [2.75, 3.05) is 6.54 Å². The fourth-order valence-electron chi connectivity index (χ4n) is 1.96. The highest BCUT2D eigenvalue weighted by Crippen LogP contribution is 2.10. The van der Waals surface area contributed by atoms with Gasteiger partial charge in [0.05, 0.1) is 10.9 Å². The van der Waals surface area contributed by atoms with E-state index in [2.05, 4.69) is 10.4 Å². The third-order valence-corrected chi connectivity index (χ3v) is 3.05. The third-order valence-electron chi connectivity index (χ3n) is 3.05. The SMILES string of the molecule is CCCCNC(=O)c1nn(C)c2ccc(F)cc2c1=O. The van der Waals surface area contributed by atoms with Crippen molar-refractivity contribution >= 4 is 16.8 Å². The Morgan fingerprint density at radius 2 is 2.20 bits per heavy atom. The number of fused-ring (bicyclic) bond motifs is 1. The molecule has 0 saturated carbocycles. The minimum Gasteiger partial charge on any atom is -0.351 e. The summed E-state index contributed by atoms with van der Waals surface area (Å²) >= 11 is 0. The number of aromatic nitrogens is 2. The summed E-state index contributed by atoms with van der Waals surface area (Å²) in [5.41, 5.74) is -0.269. The van der Waals surface area contributed by atoms with Gasteiger partial charge in [-0.1, -0.05) is 13.3 Å². The van der Waals surface area contributed by atoms with Crippen molar-refractivity contribution in [3.63, 3.8) is 0 Å². The molecular weight excluding hydrogens is 261 g/mol. The van der Waals surface area contributed by atoms with Crippen LogP contribution in [-0.4, -0.2) is 22.2 Å². The van der Waals surface area contributed by atoms with E-state index in [9.17, 15) is 14.0 Å². The molecule has 0 fully saturated rings. The number of carbonyl (C=O) groups excluding carboxylic acids is 1. The molecule has 0 atom stereocenters. The van der Waals surface area contributed by atoms with E-state index in [0.29, 0.717) is 12.1 Å². The fraction of sp³-hybridized carbons (Fsp3) is 0.357. The average molecular weight is 277 g/mol. The molecule has 0 spiro atoms. The number of amides is 1. The molecule has 1 amide bonds. The molecule has 1 heterocycles. The number of hydrogen-bond donors (Lipinski definition) is 1. The second-order valence-corrected chi connectivity index (χ2v) is 4.57. The van der Waals surface area contributed by atoms with Crippen LogP contribution in [0.5, 0.6) is 0 Å². The average Bonchev–Trinajstić information content (AvgIpc) is 2.42. The van der Waals surface area contributed by atoms with E-state index in [1.165, 1.54) is 16.8 Å². The van der Waals surface area contributed by atoms with Gasteiger partial charge in [0, 0.05) is 13.6 Å². The molecule has 6 heteroatoms. The smallest absolute Gasteiger partial charge is 0.275 e. The minimum atomic E-state index is -0.549. The lowest BCUT2D eigenvalue weighted by atomic mass is 10.2. The van der Waals surface area contributed by atoms with Crippen LogP contribution >= 0.6 is 0 Å². The second kappa shape index (κ2) is 5.81. The van der Waals surface area contributed by atoms with Gasteiger partial charge in [0.15, 0.2) is 5.69 Å². The predicted molar refractivity (Wildman–Crippen MR) is 74.2 cm³/mol. The highest BCUT2D eigenvalue weighted by molar-refractivity contribution is 5.95. The quantitative estimate of drug-likeness (QED) is 0.863. The zero-order valence-electron chi connectivity index (χ0n) is 11.4. The first kappa shape index (κ1) is 14.2. The lowest BCUT2D eigenvalue weighted by Gasteiger charge is -2.08. The fourth-order valence-corrected chi connectivity index (χ4v) is 1.96. The highest BCUT2D eigenvalue weighted by atomic mass is 19.1. The summed E-state index contributed by atoms with van der Waals surface area (Å²) in [6.07, 6.45) is 1.77. The number of hydrogen-bond acceptors (Lipinski definition) is 3. The van der Waals surface area contributed by atoms with Crippen LogP contribution in [0.15, 0.2) is 23.0 Å². The molecule has 106 valence electrons. The van der Waals surface area contributed by atoms with Gasteiger partial charge in [0.1, 0.15) is 5.82 Å². The molecule has 1 aromatic heterocycles. The Morgan fingerprint density at radius 3 is 2.90 bits per heavy atom. The van der Waals surface area contributed by atoms with E-state index in [1.807, 2.05) is 6.92 Å². The highest BCUT2D eigenvalue weighted by Gasteiger charge is 2.16. The summed E-state index contributed by atoms with van der Waals surface area (Å²) in [4.78, 5) is 24.1. The van der Waals surface area contributed by atoms with Crippen LogP contribution < -0.4 is 10.7 Å². The zero-order chi connectivity index (χ0) is 14.7. The number of aryl methyl sites for hydroxylation is 1. The van der Waals surface area contributed by atoms with Gasteiger partial charge in [-0.3, -0.25) is 14.3 Å². The maximum Gasteiger partial charge on any atom is 0.275 e. The van der Waals surface area contributed by atoms with Crippen molar-refractivity contribution in [1.82, 2.24) is 15.1 Å². The van der Waals surface area contributed by atoms with E-state index in [1.54, 1.807) is 7.05 Å². The van der Waals surface area contributed by atoms with Crippen molar-refractivity contribution < 1.29 is 9.18 Å². The number of unbranched alkanes of at least 4 members (excludes halogenated alkanes) is 1. The Morgan fingerprint density at radius 1 is 1.45 bits per heavy atom. The molecule has 0 saturated heterocycles. The lowest BCUT2D eigenvalue weighted by molar-refractivity contribution is 0.0945. The topological polar surface area (TPSA) is 64.0 Å². The van der Waals surface area contributed by atoms with Crippen molar-refractivity contribution in [2.45, 2.75) is 19.8 Å². The van der Waals surface area contributed by atoms with Crippen molar-refractivity contribution in [3.05, 3.63) is 39.9 Å². The van der Waals surface area contributed by atoms with Gasteiger partial charge in [0.2, 0.25) is 5.43 Å². The van der Waals surface area contributed by atoms with Crippen LogP contribution in [0.1, 0.15) is 30.3 Å². The summed E-state index contributed by atoms with van der Waals surface area (Å²) in [5.74, 6) is -1.04. The number of carbonyl (C=O) groups is 1. The first-order valence-corrected chi connectivity index (χ1v) is 6.49. The molecule has 2 rings (SSSR count). The molecule has 0 aliphatic carbocycles. The predicted octanol–water partition coefficient (Wildman–Crippen LogP) is 1.60. The summed E-state index contributed by atoms with van der Waals surface area (Å²) in [6.45, 7) is 2.49. The van der Waals surface area contributed by atoms with E-state index < -0.39 is 17.2 Å². The zero-order valence-corrected chi connectivity index (χ0v) is 11.4. The van der Waals surface area contributed by atoms with Crippen LogP contribution in [0, 0.1) is 5.82 Å². The number of nitrogens with one attached hydrogen (secondary N) is 1. The van der Waals surface area contributed by atoms with E-state index in [-0.39, 0.29) is 11.1 Å². The van der Waals surface area contributed by atoms with Crippen molar-refractivity contribution in [2.24, 2.45) is 7.05 Å². The first-order valence-electron chi connectivity index (χ1n) is 6.49. The second-order valence-electron chi connectivity index (χ2n) is 4.57. The molecular formula is C14H16FN3O2. The standard InChI is InChI=1S/C14H16FN3O2/c1-3-4-7-16-14(20)12-13(19)10-8-9(15)5-6-11(10)18(2)17-12/h5-6,8H,3-4,7H2,1-2H3,(H,16,20). The monoisotopic (exact) mass is 277 g/mol. The van der Waals surface area contributed by atoms with Gasteiger partial charge in [-0.2, -0.15) is 5.10 Å².